The molecule has 0 amide bonds. The Balaban J connectivity index is 1.93. The molecule has 1 aliphatic rings. The molecular formula is C21H28F2N2O7. The molecule has 5 unspecified atom stereocenters. The van der Waals surface area contributed by atoms with E-state index in [0.717, 1.165) is 0 Å². The summed E-state index contributed by atoms with van der Waals surface area (Å²) in [5, 5.41) is 9.05. The molecule has 32 heavy (non-hydrogen) atoms. The average molecular weight is 458 g/mol. The van der Waals surface area contributed by atoms with E-state index in [2.05, 4.69) is 0 Å². The molecule has 5 N–H and O–H groups in total. The Morgan fingerprint density at radius 1 is 1.19 bits per heavy atom. The third kappa shape index (κ3) is 6.44. The molecule has 1 fully saturated rings. The number of ether oxygens (including phenoxy) is 3. The lowest BCUT2D eigenvalue weighted by atomic mass is 10.1. The number of aliphatic carboxylic acids is 1. The van der Waals surface area contributed by atoms with E-state index in [0.29, 0.717) is 5.56 Å². The van der Waals surface area contributed by atoms with E-state index in [-0.39, 0.29) is 25.4 Å². The minimum Gasteiger partial charge on any atom is -0.479 e. The van der Waals surface area contributed by atoms with Gasteiger partial charge in [0.25, 0.3) is 0 Å². The smallest absolute Gasteiger partial charge is 0.343 e. The van der Waals surface area contributed by atoms with Crippen molar-refractivity contribution in [3.05, 3.63) is 35.6 Å². The zero-order chi connectivity index (χ0) is 24.1. The Morgan fingerprint density at radius 2 is 1.81 bits per heavy atom. The van der Waals surface area contributed by atoms with Gasteiger partial charge in [-0.2, -0.15) is 0 Å². The van der Waals surface area contributed by atoms with E-state index in [1.807, 2.05) is 0 Å². The summed E-state index contributed by atoms with van der Waals surface area (Å²) < 4.78 is 42.8. The van der Waals surface area contributed by atoms with Gasteiger partial charge in [-0.1, -0.05) is 26.0 Å². The van der Waals surface area contributed by atoms with E-state index in [4.69, 9.17) is 30.8 Å². The highest BCUT2D eigenvalue weighted by Crippen LogP contribution is 2.49. The van der Waals surface area contributed by atoms with E-state index in [9.17, 15) is 23.2 Å². The highest BCUT2D eigenvalue weighted by molar-refractivity contribution is 5.84. The van der Waals surface area contributed by atoms with E-state index in [1.165, 1.54) is 24.3 Å². The first-order valence-electron chi connectivity index (χ1n) is 10.1. The second kappa shape index (κ2) is 10.8. The molecule has 0 aliphatic heterocycles. The van der Waals surface area contributed by atoms with Crippen LogP contribution in [-0.2, 0) is 35.2 Å². The number of nitrogens with two attached hydrogens (primary N) is 2. The van der Waals surface area contributed by atoms with Gasteiger partial charge in [-0.15, -0.1) is 0 Å². The van der Waals surface area contributed by atoms with Crippen molar-refractivity contribution in [3.8, 4) is 0 Å². The quantitative estimate of drug-likeness (QED) is 0.311. The van der Waals surface area contributed by atoms with Crippen LogP contribution >= 0.6 is 0 Å². The molecule has 1 saturated carbocycles. The summed E-state index contributed by atoms with van der Waals surface area (Å²) in [4.78, 5) is 35.0. The van der Waals surface area contributed by atoms with Crippen molar-refractivity contribution in [2.75, 3.05) is 6.79 Å². The highest BCUT2D eigenvalue weighted by atomic mass is 19.1. The minimum atomic E-state index is -2.59. The Labute approximate surface area is 184 Å². The molecule has 1 aromatic rings. The number of esters is 2. The topological polar surface area (TPSA) is 151 Å². The van der Waals surface area contributed by atoms with Crippen LogP contribution in [0, 0.1) is 17.7 Å². The van der Waals surface area contributed by atoms with Gasteiger partial charge < -0.3 is 30.8 Å². The fraction of sp³-hybridized carbons (Fsp3) is 0.571. The second-order valence-electron chi connectivity index (χ2n) is 8.07. The maximum atomic E-state index is 14.4. The van der Waals surface area contributed by atoms with Crippen molar-refractivity contribution < 1.29 is 42.5 Å². The van der Waals surface area contributed by atoms with Crippen molar-refractivity contribution in [3.63, 3.8) is 0 Å². The molecule has 0 spiro atoms. The normalized spacial score (nSPS) is 24.0. The number of carbonyl (C=O) groups is 3. The third-order valence-corrected chi connectivity index (χ3v) is 5.40. The van der Waals surface area contributed by atoms with Gasteiger partial charge in [-0.25, -0.2) is 13.6 Å². The zero-order valence-electron chi connectivity index (χ0n) is 17.8. The number of halogens is 2. The van der Waals surface area contributed by atoms with Crippen LogP contribution in [0.1, 0.15) is 32.3 Å². The molecule has 5 atom stereocenters. The van der Waals surface area contributed by atoms with Crippen LogP contribution < -0.4 is 11.5 Å². The number of hydrogen-bond acceptors (Lipinski definition) is 8. The Kier molecular flexibility index (Phi) is 8.65. The maximum Gasteiger partial charge on any atom is 0.343 e. The number of carbonyl (C=O) groups excluding carboxylic acids is 2. The number of carboxylic acid groups (broad SMARTS) is 1. The first-order chi connectivity index (χ1) is 15.0. The van der Waals surface area contributed by atoms with Crippen LogP contribution in [0.5, 0.6) is 0 Å². The molecular weight excluding hydrogens is 430 g/mol. The van der Waals surface area contributed by atoms with E-state index >= 15 is 0 Å². The van der Waals surface area contributed by atoms with Crippen molar-refractivity contribution in [1.29, 1.82) is 0 Å². The van der Waals surface area contributed by atoms with Gasteiger partial charge in [0.2, 0.25) is 12.5 Å². The Bertz CT molecular complexity index is 821. The summed E-state index contributed by atoms with van der Waals surface area (Å²) >= 11 is 0. The second-order valence-corrected chi connectivity index (χ2v) is 8.07. The first kappa shape index (κ1) is 25.6. The molecule has 0 radical (unpaired) electrons. The maximum absolute atomic E-state index is 14.4. The molecule has 178 valence electrons. The fourth-order valence-corrected chi connectivity index (χ4v) is 3.13. The fourth-order valence-electron chi connectivity index (χ4n) is 3.13. The highest BCUT2D eigenvalue weighted by Gasteiger charge is 2.70. The summed E-state index contributed by atoms with van der Waals surface area (Å²) in [5.74, 6) is -4.87. The van der Waals surface area contributed by atoms with Gasteiger partial charge in [-0.05, 0) is 30.0 Å². The van der Waals surface area contributed by atoms with E-state index in [1.54, 1.807) is 13.8 Å². The van der Waals surface area contributed by atoms with Gasteiger partial charge in [0.1, 0.15) is 11.9 Å². The van der Waals surface area contributed by atoms with Gasteiger partial charge in [-0.3, -0.25) is 9.59 Å². The number of alkyl halides is 1. The summed E-state index contributed by atoms with van der Waals surface area (Å²) in [6, 6.07) is 3.30. The first-order valence-corrected chi connectivity index (χ1v) is 10.1. The molecule has 9 nitrogen and oxygen atoms in total. The van der Waals surface area contributed by atoms with Gasteiger partial charge in [0.15, 0.2) is 0 Å². The molecule has 2 rings (SSSR count). The predicted molar refractivity (Wildman–Crippen MR) is 107 cm³/mol. The van der Waals surface area contributed by atoms with Crippen molar-refractivity contribution in [2.24, 2.45) is 23.3 Å². The Morgan fingerprint density at radius 3 is 2.34 bits per heavy atom. The molecule has 0 aromatic heterocycles. The standard InChI is InChI=1S/C21H28F2N2O7/c1-11(2)17(24)19(27)32-10-31-16(26)8-14(7-15-18(25)21(15,23)20(28)29)30-9-12-3-5-13(22)6-4-12/h3-6,11,14-15,17-18H,7-10,24-25H2,1-2H3,(H,28,29). The lowest BCUT2D eigenvalue weighted by Gasteiger charge is -2.18. The lowest BCUT2D eigenvalue weighted by Crippen LogP contribution is -2.37. The minimum absolute atomic E-state index is 0.0369. The molecule has 0 bridgehead atoms. The van der Waals surface area contributed by atoms with Crippen LogP contribution in [0.4, 0.5) is 8.78 Å². The number of rotatable bonds is 12. The zero-order valence-corrected chi connectivity index (χ0v) is 17.8. The lowest BCUT2D eigenvalue weighted by molar-refractivity contribution is -0.170. The number of carboxylic acids is 1. The van der Waals surface area contributed by atoms with Crippen LogP contribution in [0.15, 0.2) is 24.3 Å². The van der Waals surface area contributed by atoms with Crippen LogP contribution in [0.25, 0.3) is 0 Å². The molecule has 1 aromatic carbocycles. The Hall–Kier alpha value is -2.63. The van der Waals surface area contributed by atoms with Gasteiger partial charge >= 0.3 is 17.9 Å². The van der Waals surface area contributed by atoms with Crippen molar-refractivity contribution >= 4 is 17.9 Å². The largest absolute Gasteiger partial charge is 0.479 e. The van der Waals surface area contributed by atoms with Crippen LogP contribution in [0.3, 0.4) is 0 Å². The SMILES string of the molecule is CC(C)C(N)C(=O)OCOC(=O)CC(CC1C(N)C1(F)C(=O)O)OCc1ccc(F)cc1. The van der Waals surface area contributed by atoms with Crippen LogP contribution in [-0.4, -0.2) is 53.7 Å². The van der Waals surface area contributed by atoms with Gasteiger partial charge in [0.05, 0.1) is 25.2 Å². The molecule has 0 saturated heterocycles. The summed E-state index contributed by atoms with van der Waals surface area (Å²) in [5.41, 5.74) is 9.20. The van der Waals surface area contributed by atoms with Gasteiger partial charge in [0, 0.05) is 5.92 Å². The number of benzene rings is 1. The summed E-state index contributed by atoms with van der Waals surface area (Å²) in [6.07, 6.45) is -1.46. The monoisotopic (exact) mass is 458 g/mol. The van der Waals surface area contributed by atoms with Crippen molar-refractivity contribution in [1.82, 2.24) is 0 Å². The molecule has 1 aliphatic carbocycles. The average Bonchev–Trinajstić information content (AvgIpc) is 3.26. The van der Waals surface area contributed by atoms with Crippen LogP contribution in [0.2, 0.25) is 0 Å². The van der Waals surface area contributed by atoms with Crippen molar-refractivity contribution in [2.45, 2.75) is 57.2 Å². The number of hydrogen-bond donors (Lipinski definition) is 3. The molecule has 0 heterocycles. The van der Waals surface area contributed by atoms with E-state index < -0.39 is 60.3 Å². The predicted octanol–water partition coefficient (Wildman–Crippen LogP) is 1.27. The molecule has 11 heteroatoms. The summed E-state index contributed by atoms with van der Waals surface area (Å²) in [7, 11) is 0. The third-order valence-electron chi connectivity index (χ3n) is 5.40. The summed E-state index contributed by atoms with van der Waals surface area (Å²) in [6.45, 7) is 2.76.